The number of aliphatic hydroxyl groups is 1. The number of rotatable bonds is 6. The summed E-state index contributed by atoms with van der Waals surface area (Å²) in [5, 5.41) is 17.4. The van der Waals surface area contributed by atoms with Gasteiger partial charge in [-0.2, -0.15) is 5.10 Å². The van der Waals surface area contributed by atoms with Gasteiger partial charge in [0.15, 0.2) is 6.10 Å². The minimum Gasteiger partial charge on any atom is -0.497 e. The lowest BCUT2D eigenvalue weighted by Gasteiger charge is -2.12. The third-order valence-corrected chi connectivity index (χ3v) is 4.46. The minimum atomic E-state index is -1.22. The molecular formula is C18H23N3O3. The predicted molar refractivity (Wildman–Crippen MR) is 89.5 cm³/mol. The number of ether oxygens (including phenoxy) is 1. The number of amides is 1. The van der Waals surface area contributed by atoms with Crippen LogP contribution in [0, 0.1) is 0 Å². The standard InChI is InChI=1S/C18H23N3O3/c1-24-16-8-4-5-13(11-16)17(22)18(23)19-12-14-9-10-21(20-14)15-6-2-3-7-15/h4-5,8-11,15,17,22H,2-3,6-7,12H2,1H3,(H,19,23). The number of nitrogens with one attached hydrogen (secondary N) is 1. The van der Waals surface area contributed by atoms with Crippen LogP contribution in [-0.4, -0.2) is 27.9 Å². The number of hydrogen-bond acceptors (Lipinski definition) is 4. The number of carbonyl (C=O) groups is 1. The topological polar surface area (TPSA) is 76.4 Å². The van der Waals surface area contributed by atoms with Crippen molar-refractivity contribution in [2.45, 2.75) is 44.4 Å². The first-order valence-electron chi connectivity index (χ1n) is 8.31. The third-order valence-electron chi connectivity index (χ3n) is 4.46. The summed E-state index contributed by atoms with van der Waals surface area (Å²) in [5.41, 5.74) is 1.30. The van der Waals surface area contributed by atoms with Gasteiger partial charge >= 0.3 is 0 Å². The number of nitrogens with zero attached hydrogens (tertiary/aromatic N) is 2. The summed E-state index contributed by atoms with van der Waals surface area (Å²) in [6.45, 7) is 0.305. The van der Waals surface area contributed by atoms with Crippen molar-refractivity contribution in [3.63, 3.8) is 0 Å². The van der Waals surface area contributed by atoms with Crippen LogP contribution < -0.4 is 10.1 Å². The van der Waals surface area contributed by atoms with Gasteiger partial charge in [-0.15, -0.1) is 0 Å². The molecule has 1 atom stereocenters. The van der Waals surface area contributed by atoms with Crippen LogP contribution in [0.2, 0.25) is 0 Å². The van der Waals surface area contributed by atoms with Crippen molar-refractivity contribution >= 4 is 5.91 Å². The van der Waals surface area contributed by atoms with E-state index in [9.17, 15) is 9.90 Å². The fraction of sp³-hybridized carbons (Fsp3) is 0.444. The van der Waals surface area contributed by atoms with Gasteiger partial charge in [0, 0.05) is 6.20 Å². The van der Waals surface area contributed by atoms with Crippen LogP contribution in [0.1, 0.15) is 49.1 Å². The zero-order valence-electron chi connectivity index (χ0n) is 13.8. The number of aromatic nitrogens is 2. The highest BCUT2D eigenvalue weighted by Gasteiger charge is 2.19. The first-order chi connectivity index (χ1) is 11.7. The van der Waals surface area contributed by atoms with E-state index in [1.165, 1.54) is 25.7 Å². The average molecular weight is 329 g/mol. The molecule has 6 heteroatoms. The van der Waals surface area contributed by atoms with Crippen molar-refractivity contribution in [3.05, 3.63) is 47.8 Å². The molecule has 1 aliphatic carbocycles. The molecule has 24 heavy (non-hydrogen) atoms. The zero-order chi connectivity index (χ0) is 16.9. The number of benzene rings is 1. The highest BCUT2D eigenvalue weighted by Crippen LogP contribution is 2.28. The van der Waals surface area contributed by atoms with Crippen LogP contribution in [0.3, 0.4) is 0 Å². The average Bonchev–Trinajstić information content (AvgIpc) is 3.30. The number of aliphatic hydroxyl groups excluding tert-OH is 1. The maximum Gasteiger partial charge on any atom is 0.253 e. The maximum atomic E-state index is 12.1. The zero-order valence-corrected chi connectivity index (χ0v) is 13.8. The summed E-state index contributed by atoms with van der Waals surface area (Å²) in [5.74, 6) is 0.160. The number of carbonyl (C=O) groups excluding carboxylic acids is 1. The molecule has 2 aromatic rings. The molecule has 1 fully saturated rings. The lowest BCUT2D eigenvalue weighted by molar-refractivity contribution is -0.129. The predicted octanol–water partition coefficient (Wildman–Crippen LogP) is 2.36. The fourth-order valence-electron chi connectivity index (χ4n) is 3.08. The lowest BCUT2D eigenvalue weighted by Crippen LogP contribution is -2.29. The Morgan fingerprint density at radius 2 is 2.21 bits per heavy atom. The van der Waals surface area contributed by atoms with Crippen molar-refractivity contribution in [2.75, 3.05) is 7.11 Å². The van der Waals surface area contributed by atoms with Crippen molar-refractivity contribution in [1.82, 2.24) is 15.1 Å². The van der Waals surface area contributed by atoms with E-state index in [2.05, 4.69) is 10.4 Å². The first kappa shape index (κ1) is 16.5. The third kappa shape index (κ3) is 3.76. The van der Waals surface area contributed by atoms with Crippen molar-refractivity contribution in [2.24, 2.45) is 0 Å². The molecule has 1 amide bonds. The van der Waals surface area contributed by atoms with Gasteiger partial charge in [0.1, 0.15) is 5.75 Å². The Labute approximate surface area is 141 Å². The van der Waals surface area contributed by atoms with Gasteiger partial charge in [0.2, 0.25) is 0 Å². The van der Waals surface area contributed by atoms with Gasteiger partial charge < -0.3 is 15.2 Å². The fourth-order valence-corrected chi connectivity index (χ4v) is 3.08. The van der Waals surface area contributed by atoms with Crippen LogP contribution in [0.5, 0.6) is 5.75 Å². The van der Waals surface area contributed by atoms with Crippen molar-refractivity contribution in [3.8, 4) is 5.75 Å². The smallest absolute Gasteiger partial charge is 0.253 e. The molecule has 0 bridgehead atoms. The summed E-state index contributed by atoms with van der Waals surface area (Å²) in [7, 11) is 1.55. The van der Waals surface area contributed by atoms with Gasteiger partial charge in [-0.05, 0) is 36.6 Å². The van der Waals surface area contributed by atoms with E-state index in [1.54, 1.807) is 31.4 Å². The number of methoxy groups -OCH3 is 1. The van der Waals surface area contributed by atoms with Gasteiger partial charge in [0.25, 0.3) is 5.91 Å². The quantitative estimate of drug-likeness (QED) is 0.853. The van der Waals surface area contributed by atoms with E-state index in [-0.39, 0.29) is 0 Å². The van der Waals surface area contributed by atoms with Gasteiger partial charge in [0.05, 0.1) is 25.4 Å². The Hall–Kier alpha value is -2.34. The highest BCUT2D eigenvalue weighted by molar-refractivity contribution is 5.81. The molecular weight excluding hydrogens is 306 g/mol. The van der Waals surface area contributed by atoms with Crippen LogP contribution in [-0.2, 0) is 11.3 Å². The Kier molecular flexibility index (Phi) is 5.15. The van der Waals surface area contributed by atoms with E-state index in [4.69, 9.17) is 4.74 Å². The van der Waals surface area contributed by atoms with Gasteiger partial charge in [-0.1, -0.05) is 25.0 Å². The van der Waals surface area contributed by atoms with Crippen LogP contribution in [0.25, 0.3) is 0 Å². The molecule has 1 aliphatic rings. The molecule has 1 unspecified atom stereocenters. The Bertz CT molecular complexity index is 692. The summed E-state index contributed by atoms with van der Waals surface area (Å²) >= 11 is 0. The Morgan fingerprint density at radius 3 is 2.96 bits per heavy atom. The van der Waals surface area contributed by atoms with E-state index in [0.29, 0.717) is 23.9 Å². The molecule has 1 heterocycles. The summed E-state index contributed by atoms with van der Waals surface area (Å²) in [6, 6.07) is 9.26. The van der Waals surface area contributed by atoms with E-state index >= 15 is 0 Å². The highest BCUT2D eigenvalue weighted by atomic mass is 16.5. The normalized spacial score (nSPS) is 16.1. The second-order valence-corrected chi connectivity index (χ2v) is 6.12. The molecule has 0 spiro atoms. The molecule has 3 rings (SSSR count). The van der Waals surface area contributed by atoms with Gasteiger partial charge in [-0.3, -0.25) is 9.48 Å². The van der Waals surface area contributed by atoms with E-state index in [1.807, 2.05) is 16.9 Å². The van der Waals surface area contributed by atoms with Crippen LogP contribution in [0.15, 0.2) is 36.5 Å². The molecule has 128 valence electrons. The van der Waals surface area contributed by atoms with E-state index in [0.717, 1.165) is 5.69 Å². The molecule has 0 radical (unpaired) electrons. The maximum absolute atomic E-state index is 12.1. The molecule has 1 aromatic carbocycles. The first-order valence-corrected chi connectivity index (χ1v) is 8.31. The largest absolute Gasteiger partial charge is 0.497 e. The summed E-state index contributed by atoms with van der Waals surface area (Å²) < 4.78 is 7.10. The second-order valence-electron chi connectivity index (χ2n) is 6.12. The molecule has 1 saturated carbocycles. The molecule has 1 aromatic heterocycles. The molecule has 2 N–H and O–H groups in total. The summed E-state index contributed by atoms with van der Waals surface area (Å²) in [4.78, 5) is 12.1. The lowest BCUT2D eigenvalue weighted by atomic mass is 10.1. The van der Waals surface area contributed by atoms with Crippen molar-refractivity contribution in [1.29, 1.82) is 0 Å². The Balaban J connectivity index is 1.56. The minimum absolute atomic E-state index is 0.305. The number of hydrogen-bond donors (Lipinski definition) is 2. The second kappa shape index (κ2) is 7.49. The SMILES string of the molecule is COc1cccc(C(O)C(=O)NCc2ccn(C3CCCC3)n2)c1. The van der Waals surface area contributed by atoms with Crippen LogP contribution in [0.4, 0.5) is 0 Å². The Morgan fingerprint density at radius 1 is 1.42 bits per heavy atom. The van der Waals surface area contributed by atoms with Crippen molar-refractivity contribution < 1.29 is 14.6 Å². The van der Waals surface area contributed by atoms with E-state index < -0.39 is 12.0 Å². The monoisotopic (exact) mass is 329 g/mol. The molecule has 0 saturated heterocycles. The molecule has 6 nitrogen and oxygen atoms in total. The van der Waals surface area contributed by atoms with Gasteiger partial charge in [-0.25, -0.2) is 0 Å². The summed E-state index contributed by atoms with van der Waals surface area (Å²) in [6.07, 6.45) is 5.59. The molecule has 0 aliphatic heterocycles. The van der Waals surface area contributed by atoms with Crippen LogP contribution >= 0.6 is 0 Å².